The molecule has 7 heteroatoms. The van der Waals surface area contributed by atoms with E-state index in [1.165, 1.54) is 0 Å². The first kappa shape index (κ1) is 16.5. The van der Waals surface area contributed by atoms with Crippen LogP contribution in [-0.2, 0) is 16.4 Å². The minimum absolute atomic E-state index is 0.125. The van der Waals surface area contributed by atoms with Gasteiger partial charge < -0.3 is 0 Å². The van der Waals surface area contributed by atoms with Crippen molar-refractivity contribution in [1.82, 2.24) is 4.72 Å². The lowest BCUT2D eigenvalue weighted by atomic mass is 10.00. The van der Waals surface area contributed by atoms with E-state index in [9.17, 15) is 21.6 Å². The van der Waals surface area contributed by atoms with Crippen molar-refractivity contribution in [2.24, 2.45) is 0 Å². The zero-order valence-electron chi connectivity index (χ0n) is 11.4. The predicted octanol–water partition coefficient (Wildman–Crippen LogP) is 3.41. The Kier molecular flexibility index (Phi) is 4.87. The third-order valence-corrected chi connectivity index (χ3v) is 4.29. The molecule has 0 aliphatic rings. The maximum absolute atomic E-state index is 12.6. The van der Waals surface area contributed by atoms with Crippen molar-refractivity contribution >= 4 is 10.0 Å². The second-order valence-corrected chi connectivity index (χ2v) is 6.43. The standard InChI is InChI=1S/C15H14F3NO2S/c16-15(17,18)22(20,21)19-14(13-9-5-2-6-10-13)11-12-7-3-1-4-8-12/h1-10,14,19H,11H2. The highest BCUT2D eigenvalue weighted by Crippen LogP contribution is 2.26. The number of hydrogen-bond acceptors (Lipinski definition) is 2. The predicted molar refractivity (Wildman–Crippen MR) is 77.4 cm³/mol. The molecule has 0 saturated heterocycles. The molecule has 0 amide bonds. The van der Waals surface area contributed by atoms with Crippen molar-refractivity contribution in [3.63, 3.8) is 0 Å². The van der Waals surface area contributed by atoms with Crippen LogP contribution < -0.4 is 4.72 Å². The summed E-state index contributed by atoms with van der Waals surface area (Å²) in [4.78, 5) is 0. The number of nitrogens with one attached hydrogen (secondary N) is 1. The smallest absolute Gasteiger partial charge is 0.203 e. The van der Waals surface area contributed by atoms with Gasteiger partial charge in [0.25, 0.3) is 0 Å². The topological polar surface area (TPSA) is 46.2 Å². The van der Waals surface area contributed by atoms with Crippen molar-refractivity contribution in [2.75, 3.05) is 0 Å². The molecule has 22 heavy (non-hydrogen) atoms. The third kappa shape index (κ3) is 4.08. The van der Waals surface area contributed by atoms with E-state index in [0.717, 1.165) is 5.56 Å². The molecule has 2 aromatic rings. The highest BCUT2D eigenvalue weighted by Gasteiger charge is 2.46. The number of sulfonamides is 1. The molecule has 1 N–H and O–H groups in total. The fourth-order valence-electron chi connectivity index (χ4n) is 2.02. The summed E-state index contributed by atoms with van der Waals surface area (Å²) in [5.41, 5.74) is -4.13. The summed E-state index contributed by atoms with van der Waals surface area (Å²) in [7, 11) is -5.42. The van der Waals surface area contributed by atoms with E-state index in [2.05, 4.69) is 0 Å². The summed E-state index contributed by atoms with van der Waals surface area (Å²) in [6.45, 7) is 0. The number of rotatable bonds is 5. The van der Waals surface area contributed by atoms with Gasteiger partial charge in [0.15, 0.2) is 0 Å². The normalized spacial score (nSPS) is 13.8. The summed E-state index contributed by atoms with van der Waals surface area (Å²) < 4.78 is 62.3. The minimum atomic E-state index is -5.42. The maximum atomic E-state index is 12.6. The van der Waals surface area contributed by atoms with Crippen LogP contribution in [0.1, 0.15) is 17.2 Å². The molecule has 2 aromatic carbocycles. The van der Waals surface area contributed by atoms with Crippen LogP contribution in [0, 0.1) is 0 Å². The third-order valence-electron chi connectivity index (χ3n) is 3.09. The van der Waals surface area contributed by atoms with Crippen LogP contribution in [0.15, 0.2) is 60.7 Å². The van der Waals surface area contributed by atoms with Gasteiger partial charge in [-0.2, -0.15) is 17.9 Å². The van der Waals surface area contributed by atoms with Crippen LogP contribution >= 0.6 is 0 Å². The molecule has 1 atom stereocenters. The maximum Gasteiger partial charge on any atom is 0.511 e. The van der Waals surface area contributed by atoms with Gasteiger partial charge >= 0.3 is 15.5 Å². The van der Waals surface area contributed by atoms with Crippen LogP contribution in [0.5, 0.6) is 0 Å². The second-order valence-electron chi connectivity index (χ2n) is 4.72. The molecule has 1 unspecified atom stereocenters. The molecule has 0 aliphatic carbocycles. The number of alkyl halides is 3. The molecular weight excluding hydrogens is 315 g/mol. The average Bonchev–Trinajstić information content (AvgIpc) is 2.47. The number of benzene rings is 2. The average molecular weight is 329 g/mol. The van der Waals surface area contributed by atoms with Gasteiger partial charge in [-0.1, -0.05) is 60.7 Å². The molecule has 0 bridgehead atoms. The van der Waals surface area contributed by atoms with E-state index in [-0.39, 0.29) is 6.42 Å². The molecule has 0 spiro atoms. The first-order valence-electron chi connectivity index (χ1n) is 6.47. The zero-order valence-corrected chi connectivity index (χ0v) is 12.2. The summed E-state index contributed by atoms with van der Waals surface area (Å²) >= 11 is 0. The molecule has 0 saturated carbocycles. The van der Waals surface area contributed by atoms with Gasteiger partial charge in [-0.25, -0.2) is 8.42 Å². The van der Waals surface area contributed by atoms with Crippen LogP contribution in [0.4, 0.5) is 13.2 Å². The van der Waals surface area contributed by atoms with Gasteiger partial charge in [0, 0.05) is 0 Å². The molecule has 3 nitrogen and oxygen atoms in total. The van der Waals surface area contributed by atoms with Gasteiger partial charge in [-0.3, -0.25) is 0 Å². The summed E-state index contributed by atoms with van der Waals surface area (Å²) in [6, 6.07) is 15.9. The Hall–Kier alpha value is -1.86. The Morgan fingerprint density at radius 3 is 1.91 bits per heavy atom. The summed E-state index contributed by atoms with van der Waals surface area (Å²) in [6.07, 6.45) is 0.125. The Morgan fingerprint density at radius 1 is 0.909 bits per heavy atom. The highest BCUT2D eigenvalue weighted by atomic mass is 32.2. The van der Waals surface area contributed by atoms with E-state index >= 15 is 0 Å². The van der Waals surface area contributed by atoms with Gasteiger partial charge in [-0.05, 0) is 17.5 Å². The Labute approximate surface area is 126 Å². The first-order valence-corrected chi connectivity index (χ1v) is 7.95. The fraction of sp³-hybridized carbons (Fsp3) is 0.200. The highest BCUT2D eigenvalue weighted by molar-refractivity contribution is 7.90. The fourth-order valence-corrected chi connectivity index (χ4v) is 2.74. The lowest BCUT2D eigenvalue weighted by molar-refractivity contribution is -0.0451. The van der Waals surface area contributed by atoms with E-state index < -0.39 is 21.6 Å². The Bertz CT molecular complexity index is 701. The quantitative estimate of drug-likeness (QED) is 0.914. The van der Waals surface area contributed by atoms with Crippen molar-refractivity contribution in [1.29, 1.82) is 0 Å². The van der Waals surface area contributed by atoms with Crippen molar-refractivity contribution < 1.29 is 21.6 Å². The van der Waals surface area contributed by atoms with Gasteiger partial charge in [0.05, 0.1) is 6.04 Å². The molecular formula is C15H14F3NO2S. The summed E-state index contributed by atoms with van der Waals surface area (Å²) in [5, 5.41) is 0. The largest absolute Gasteiger partial charge is 0.511 e. The number of hydrogen-bond donors (Lipinski definition) is 1. The molecule has 0 aromatic heterocycles. The lowest BCUT2D eigenvalue weighted by Crippen LogP contribution is -2.39. The molecule has 0 radical (unpaired) electrons. The van der Waals surface area contributed by atoms with Crippen LogP contribution in [0.2, 0.25) is 0 Å². The van der Waals surface area contributed by atoms with E-state index in [1.807, 2.05) is 0 Å². The van der Waals surface area contributed by atoms with Crippen molar-refractivity contribution in [3.8, 4) is 0 Å². The monoisotopic (exact) mass is 329 g/mol. The Balaban J connectivity index is 2.31. The molecule has 0 fully saturated rings. The van der Waals surface area contributed by atoms with Crippen LogP contribution in [0.25, 0.3) is 0 Å². The van der Waals surface area contributed by atoms with Gasteiger partial charge in [-0.15, -0.1) is 0 Å². The number of halogens is 3. The van der Waals surface area contributed by atoms with E-state index in [4.69, 9.17) is 0 Å². The molecule has 0 heterocycles. The first-order chi connectivity index (χ1) is 10.3. The lowest BCUT2D eigenvalue weighted by Gasteiger charge is -2.20. The molecule has 0 aliphatic heterocycles. The molecule has 118 valence electrons. The van der Waals surface area contributed by atoms with E-state index in [1.54, 1.807) is 65.4 Å². The van der Waals surface area contributed by atoms with Crippen LogP contribution in [0.3, 0.4) is 0 Å². The van der Waals surface area contributed by atoms with Crippen molar-refractivity contribution in [2.45, 2.75) is 18.0 Å². The van der Waals surface area contributed by atoms with Gasteiger partial charge in [0.1, 0.15) is 0 Å². The minimum Gasteiger partial charge on any atom is -0.203 e. The van der Waals surface area contributed by atoms with Crippen molar-refractivity contribution in [3.05, 3.63) is 71.8 Å². The zero-order chi connectivity index (χ0) is 16.2. The summed E-state index contributed by atoms with van der Waals surface area (Å²) in [5.74, 6) is 0. The second kappa shape index (κ2) is 6.50. The van der Waals surface area contributed by atoms with Crippen LogP contribution in [-0.4, -0.2) is 13.9 Å². The van der Waals surface area contributed by atoms with Gasteiger partial charge in [0.2, 0.25) is 0 Å². The SMILES string of the molecule is O=S(=O)(NC(Cc1ccccc1)c1ccccc1)C(F)(F)F. The molecule has 2 rings (SSSR count). The Morgan fingerprint density at radius 2 is 1.41 bits per heavy atom. The van der Waals surface area contributed by atoms with E-state index in [0.29, 0.717) is 5.56 Å².